The maximum atomic E-state index is 12.8. The summed E-state index contributed by atoms with van der Waals surface area (Å²) in [4.78, 5) is 21.2. The van der Waals surface area contributed by atoms with Gasteiger partial charge < -0.3 is 15.8 Å². The van der Waals surface area contributed by atoms with Crippen molar-refractivity contribution in [2.45, 2.75) is 4.90 Å². The van der Waals surface area contributed by atoms with E-state index in [2.05, 4.69) is 35.0 Å². The Bertz CT molecular complexity index is 1630. The molecule has 0 aliphatic rings. The summed E-state index contributed by atoms with van der Waals surface area (Å²) in [5.41, 5.74) is 8.16. The highest BCUT2D eigenvalue weighted by molar-refractivity contribution is 7.92. The highest BCUT2D eigenvalue weighted by Gasteiger charge is 2.16. The number of sulfonamides is 1. The van der Waals surface area contributed by atoms with Crippen molar-refractivity contribution in [1.82, 2.24) is 24.9 Å². The predicted molar refractivity (Wildman–Crippen MR) is 128 cm³/mol. The second kappa shape index (κ2) is 8.41. The van der Waals surface area contributed by atoms with Crippen LogP contribution in [0.1, 0.15) is 0 Å². The predicted octanol–water partition coefficient (Wildman–Crippen LogP) is 3.10. The number of rotatable bonds is 6. The molecule has 0 fully saturated rings. The summed E-state index contributed by atoms with van der Waals surface area (Å²) in [6, 6.07) is 15.1. The summed E-state index contributed by atoms with van der Waals surface area (Å²) in [5, 5.41) is 3.78. The molecular weight excluding hydrogens is 456 g/mol. The zero-order chi connectivity index (χ0) is 23.7. The summed E-state index contributed by atoms with van der Waals surface area (Å²) in [6.45, 7) is 0. The van der Waals surface area contributed by atoms with Gasteiger partial charge in [-0.3, -0.25) is 9.71 Å². The van der Waals surface area contributed by atoms with Crippen molar-refractivity contribution in [3.05, 3.63) is 67.0 Å². The largest absolute Gasteiger partial charge is 0.479 e. The van der Waals surface area contributed by atoms with Crippen LogP contribution < -0.4 is 20.5 Å². The van der Waals surface area contributed by atoms with Crippen LogP contribution in [0.3, 0.4) is 0 Å². The fourth-order valence-electron chi connectivity index (χ4n) is 3.35. The Hall–Kier alpha value is -4.58. The Kier molecular flexibility index (Phi) is 5.26. The standard InChI is InChI=1S/C22H18N8O3S/c1-33-21-19-15(10-11-24-21)20(29-22(23)28-19)26-13-6-8-14(9-7-13)34(31,32)30-18-12-25-16-4-2-3-5-17(16)27-18/h2-12H,1H3,(H,27,30)(H3,23,26,28,29). The van der Waals surface area contributed by atoms with Crippen LogP contribution in [-0.2, 0) is 10.0 Å². The monoisotopic (exact) mass is 474 g/mol. The molecule has 0 bridgehead atoms. The van der Waals surface area contributed by atoms with Crippen LogP contribution in [0.25, 0.3) is 21.9 Å². The summed E-state index contributed by atoms with van der Waals surface area (Å²) in [7, 11) is -2.38. The molecule has 5 rings (SSSR count). The minimum Gasteiger partial charge on any atom is -0.479 e. The summed E-state index contributed by atoms with van der Waals surface area (Å²) >= 11 is 0. The molecule has 0 aliphatic carbocycles. The number of hydrogen-bond acceptors (Lipinski definition) is 10. The number of hydrogen-bond donors (Lipinski definition) is 3. The molecule has 0 saturated carbocycles. The Labute approximate surface area is 194 Å². The van der Waals surface area contributed by atoms with Crippen molar-refractivity contribution in [3.8, 4) is 5.88 Å². The van der Waals surface area contributed by atoms with E-state index >= 15 is 0 Å². The minimum absolute atomic E-state index is 0.0428. The van der Waals surface area contributed by atoms with E-state index in [4.69, 9.17) is 10.5 Å². The number of benzene rings is 2. The number of para-hydroxylation sites is 2. The first-order chi connectivity index (χ1) is 16.4. The van der Waals surface area contributed by atoms with E-state index in [0.29, 0.717) is 39.3 Å². The van der Waals surface area contributed by atoms with E-state index in [-0.39, 0.29) is 16.7 Å². The van der Waals surface area contributed by atoms with Gasteiger partial charge in [0.15, 0.2) is 5.82 Å². The molecule has 11 nitrogen and oxygen atoms in total. The highest BCUT2D eigenvalue weighted by atomic mass is 32.2. The molecular formula is C22H18N8O3S. The lowest BCUT2D eigenvalue weighted by Crippen LogP contribution is -2.14. The zero-order valence-corrected chi connectivity index (χ0v) is 18.6. The molecule has 170 valence electrons. The lowest BCUT2D eigenvalue weighted by atomic mass is 10.2. The van der Waals surface area contributed by atoms with Crippen LogP contribution in [0.15, 0.2) is 71.9 Å². The van der Waals surface area contributed by atoms with Crippen LogP contribution in [0.5, 0.6) is 5.88 Å². The topological polar surface area (TPSA) is 158 Å². The molecule has 34 heavy (non-hydrogen) atoms. The third-order valence-electron chi connectivity index (χ3n) is 4.91. The fraction of sp³-hybridized carbons (Fsp3) is 0.0455. The molecule has 0 spiro atoms. The molecule has 0 saturated heterocycles. The Morgan fingerprint density at radius 2 is 1.68 bits per heavy atom. The number of nitrogens with two attached hydrogens (primary N) is 1. The number of nitrogens with one attached hydrogen (secondary N) is 2. The first-order valence-corrected chi connectivity index (χ1v) is 11.5. The first-order valence-electron chi connectivity index (χ1n) is 10.0. The molecule has 0 unspecified atom stereocenters. The first kappa shape index (κ1) is 21.3. The van der Waals surface area contributed by atoms with Gasteiger partial charge in [0.05, 0.1) is 34.6 Å². The van der Waals surface area contributed by atoms with Crippen LogP contribution in [-0.4, -0.2) is 40.4 Å². The van der Waals surface area contributed by atoms with E-state index in [9.17, 15) is 8.42 Å². The van der Waals surface area contributed by atoms with Gasteiger partial charge in [0.1, 0.15) is 11.3 Å². The lowest BCUT2D eigenvalue weighted by Gasteiger charge is -2.12. The van der Waals surface area contributed by atoms with Gasteiger partial charge in [-0.25, -0.2) is 23.4 Å². The SMILES string of the molecule is COc1nccc2c(Nc3ccc(S(=O)(=O)Nc4cnc5ccccc5n4)cc3)nc(N)nc12. The Balaban J connectivity index is 1.40. The van der Waals surface area contributed by atoms with Crippen molar-refractivity contribution in [2.24, 2.45) is 0 Å². The van der Waals surface area contributed by atoms with Gasteiger partial charge in [-0.05, 0) is 42.5 Å². The van der Waals surface area contributed by atoms with E-state index in [1.807, 2.05) is 12.1 Å². The van der Waals surface area contributed by atoms with E-state index < -0.39 is 10.0 Å². The quantitative estimate of drug-likeness (QED) is 0.334. The zero-order valence-electron chi connectivity index (χ0n) is 17.8. The lowest BCUT2D eigenvalue weighted by molar-refractivity contribution is 0.402. The number of nitrogens with zero attached hydrogens (tertiary/aromatic N) is 5. The maximum absolute atomic E-state index is 12.8. The number of fused-ring (bicyclic) bond motifs is 2. The molecule has 3 heterocycles. The number of pyridine rings is 1. The Morgan fingerprint density at radius 1 is 0.912 bits per heavy atom. The smallest absolute Gasteiger partial charge is 0.263 e. The van der Waals surface area contributed by atoms with E-state index in [0.717, 1.165) is 0 Å². The van der Waals surface area contributed by atoms with Crippen LogP contribution in [0, 0.1) is 0 Å². The normalized spacial score (nSPS) is 11.4. The van der Waals surface area contributed by atoms with Gasteiger partial charge in [-0.2, -0.15) is 4.98 Å². The molecule has 4 N–H and O–H groups in total. The van der Waals surface area contributed by atoms with Gasteiger partial charge in [0.25, 0.3) is 10.0 Å². The maximum Gasteiger partial charge on any atom is 0.263 e. The molecule has 12 heteroatoms. The molecule has 0 atom stereocenters. The third kappa shape index (κ3) is 4.09. The molecule has 0 radical (unpaired) electrons. The van der Waals surface area contributed by atoms with Crippen LogP contribution >= 0.6 is 0 Å². The van der Waals surface area contributed by atoms with E-state index in [1.165, 1.54) is 25.4 Å². The average Bonchev–Trinajstić information content (AvgIpc) is 2.83. The molecule has 5 aromatic rings. The van der Waals surface area contributed by atoms with Crippen LogP contribution in [0.2, 0.25) is 0 Å². The van der Waals surface area contributed by atoms with Crippen molar-refractivity contribution < 1.29 is 13.2 Å². The van der Waals surface area contributed by atoms with Crippen molar-refractivity contribution >= 4 is 55.2 Å². The molecule has 2 aromatic carbocycles. The van der Waals surface area contributed by atoms with Gasteiger partial charge in [-0.15, -0.1) is 0 Å². The van der Waals surface area contributed by atoms with Gasteiger partial charge in [-0.1, -0.05) is 12.1 Å². The number of aromatic nitrogens is 5. The summed E-state index contributed by atoms with van der Waals surface area (Å²) in [6.07, 6.45) is 2.95. The van der Waals surface area contributed by atoms with Gasteiger partial charge >= 0.3 is 0 Å². The number of nitrogen functional groups attached to an aromatic ring is 1. The molecule has 3 aromatic heterocycles. The molecule has 0 aliphatic heterocycles. The number of methoxy groups -OCH3 is 1. The van der Waals surface area contributed by atoms with E-state index in [1.54, 1.807) is 36.5 Å². The van der Waals surface area contributed by atoms with Gasteiger partial charge in [0.2, 0.25) is 11.8 Å². The van der Waals surface area contributed by atoms with Crippen molar-refractivity contribution in [1.29, 1.82) is 0 Å². The minimum atomic E-state index is -3.87. The average molecular weight is 475 g/mol. The van der Waals surface area contributed by atoms with Crippen molar-refractivity contribution in [2.75, 3.05) is 22.9 Å². The van der Waals surface area contributed by atoms with Gasteiger partial charge in [0, 0.05) is 11.9 Å². The second-order valence-electron chi connectivity index (χ2n) is 7.15. The fourth-order valence-corrected chi connectivity index (χ4v) is 4.34. The number of anilines is 4. The third-order valence-corrected chi connectivity index (χ3v) is 6.28. The van der Waals surface area contributed by atoms with Crippen LogP contribution in [0.4, 0.5) is 23.3 Å². The molecule has 0 amide bonds. The summed E-state index contributed by atoms with van der Waals surface area (Å²) in [5.74, 6) is 0.926. The highest BCUT2D eigenvalue weighted by Crippen LogP contribution is 2.29. The van der Waals surface area contributed by atoms with Crippen molar-refractivity contribution in [3.63, 3.8) is 0 Å². The Morgan fingerprint density at radius 3 is 2.44 bits per heavy atom. The number of ether oxygens (including phenoxy) is 1. The summed E-state index contributed by atoms with van der Waals surface area (Å²) < 4.78 is 33.4. The second-order valence-corrected chi connectivity index (χ2v) is 8.83.